The fraction of sp³-hybridized carbons (Fsp3) is 0.375. The molecule has 0 radical (unpaired) electrons. The summed E-state index contributed by atoms with van der Waals surface area (Å²) in [5.74, 6) is 0. The van der Waals surface area contributed by atoms with Crippen LogP contribution in [0, 0.1) is 0 Å². The first-order valence-corrected chi connectivity index (χ1v) is 7.05. The SMILES string of the molecule is CN(CC(F)F)S(=O)(=O)c1ccc(C(N)=S)s1. The highest BCUT2D eigenvalue weighted by molar-refractivity contribution is 7.91. The minimum atomic E-state index is -3.89. The van der Waals surface area contributed by atoms with Gasteiger partial charge in [0.2, 0.25) is 0 Å². The summed E-state index contributed by atoms with van der Waals surface area (Å²) in [4.78, 5) is 0.511. The van der Waals surface area contributed by atoms with Crippen LogP contribution in [0.25, 0.3) is 0 Å². The third-order valence-electron chi connectivity index (χ3n) is 1.88. The van der Waals surface area contributed by atoms with E-state index in [0.717, 1.165) is 18.4 Å². The van der Waals surface area contributed by atoms with E-state index in [9.17, 15) is 17.2 Å². The van der Waals surface area contributed by atoms with Crippen LogP contribution in [0.15, 0.2) is 16.3 Å². The second-order valence-corrected chi connectivity index (χ2v) is 6.95. The zero-order valence-corrected chi connectivity index (χ0v) is 11.2. The highest BCUT2D eigenvalue weighted by Crippen LogP contribution is 2.24. The quantitative estimate of drug-likeness (QED) is 0.832. The van der Waals surface area contributed by atoms with Crippen molar-refractivity contribution in [2.45, 2.75) is 10.6 Å². The number of rotatable bonds is 5. The Morgan fingerprint density at radius 2 is 2.18 bits per heavy atom. The van der Waals surface area contributed by atoms with Gasteiger partial charge in [0, 0.05) is 7.05 Å². The lowest BCUT2D eigenvalue weighted by Gasteiger charge is -2.14. The maximum Gasteiger partial charge on any atom is 0.252 e. The molecule has 0 saturated carbocycles. The van der Waals surface area contributed by atoms with Crippen LogP contribution in [0.4, 0.5) is 8.78 Å². The molecule has 0 aliphatic carbocycles. The van der Waals surface area contributed by atoms with Crippen molar-refractivity contribution in [1.82, 2.24) is 4.31 Å². The van der Waals surface area contributed by atoms with Gasteiger partial charge in [-0.3, -0.25) is 0 Å². The summed E-state index contributed by atoms with van der Waals surface area (Å²) in [7, 11) is -2.79. The molecule has 2 N–H and O–H groups in total. The zero-order chi connectivity index (χ0) is 13.2. The van der Waals surface area contributed by atoms with Crippen LogP contribution < -0.4 is 5.73 Å². The minimum absolute atomic E-state index is 0.0524. The molecule has 1 aromatic rings. The fourth-order valence-corrected chi connectivity index (χ4v) is 3.75. The van der Waals surface area contributed by atoms with Gasteiger partial charge >= 0.3 is 0 Å². The van der Waals surface area contributed by atoms with Gasteiger partial charge in [0.05, 0.1) is 11.4 Å². The summed E-state index contributed by atoms with van der Waals surface area (Å²) in [5, 5.41) is 0. The molecule has 0 unspecified atom stereocenters. The summed E-state index contributed by atoms with van der Waals surface area (Å²) in [6.45, 7) is -0.845. The van der Waals surface area contributed by atoms with E-state index in [4.69, 9.17) is 18.0 Å². The maximum absolute atomic E-state index is 12.1. The van der Waals surface area contributed by atoms with Crippen LogP contribution in [-0.2, 0) is 10.0 Å². The largest absolute Gasteiger partial charge is 0.389 e. The molecule has 9 heteroatoms. The van der Waals surface area contributed by atoms with Crippen molar-refractivity contribution in [1.29, 1.82) is 0 Å². The van der Waals surface area contributed by atoms with E-state index in [1.54, 1.807) is 0 Å². The van der Waals surface area contributed by atoms with E-state index >= 15 is 0 Å². The monoisotopic (exact) mass is 300 g/mol. The van der Waals surface area contributed by atoms with Crippen LogP contribution in [0.3, 0.4) is 0 Å². The molecule has 1 aromatic heterocycles. The molecule has 0 aliphatic heterocycles. The van der Waals surface area contributed by atoms with E-state index in [0.29, 0.717) is 9.18 Å². The number of thiophene rings is 1. The van der Waals surface area contributed by atoms with Crippen molar-refractivity contribution in [3.63, 3.8) is 0 Å². The molecule has 96 valence electrons. The average molecular weight is 300 g/mol. The number of nitrogens with two attached hydrogens (primary N) is 1. The summed E-state index contributed by atoms with van der Waals surface area (Å²) in [6, 6.07) is 2.76. The van der Waals surface area contributed by atoms with Gasteiger partial charge in [-0.25, -0.2) is 17.2 Å². The number of hydrogen-bond acceptors (Lipinski definition) is 4. The van der Waals surface area contributed by atoms with Gasteiger partial charge in [-0.1, -0.05) is 12.2 Å². The second kappa shape index (κ2) is 5.34. The van der Waals surface area contributed by atoms with Crippen molar-refractivity contribution < 1.29 is 17.2 Å². The van der Waals surface area contributed by atoms with Crippen molar-refractivity contribution >= 4 is 38.6 Å². The molecule has 1 rings (SSSR count). The number of halogens is 2. The van der Waals surface area contributed by atoms with Crippen molar-refractivity contribution in [3.05, 3.63) is 17.0 Å². The Balaban J connectivity index is 3.00. The molecule has 0 aromatic carbocycles. The van der Waals surface area contributed by atoms with E-state index < -0.39 is 23.0 Å². The molecule has 0 bridgehead atoms. The second-order valence-electron chi connectivity index (χ2n) is 3.16. The van der Waals surface area contributed by atoms with Gasteiger partial charge < -0.3 is 5.73 Å². The molecular weight excluding hydrogens is 290 g/mol. The fourth-order valence-electron chi connectivity index (χ4n) is 1.04. The van der Waals surface area contributed by atoms with Gasteiger partial charge in [-0.05, 0) is 12.1 Å². The Bertz CT molecular complexity index is 513. The molecular formula is C8H10F2N2O2S3. The average Bonchev–Trinajstić information content (AvgIpc) is 2.65. The molecule has 0 fully saturated rings. The van der Waals surface area contributed by atoms with Crippen LogP contribution >= 0.6 is 23.6 Å². The van der Waals surface area contributed by atoms with Gasteiger partial charge in [0.25, 0.3) is 16.4 Å². The molecule has 1 heterocycles. The summed E-state index contributed by atoms with van der Waals surface area (Å²) < 4.78 is 48.4. The smallest absolute Gasteiger partial charge is 0.252 e. The summed E-state index contributed by atoms with van der Waals surface area (Å²) in [6.07, 6.45) is -2.72. The molecule has 0 aliphatic rings. The normalized spacial score (nSPS) is 12.3. The van der Waals surface area contributed by atoms with Gasteiger partial charge in [-0.2, -0.15) is 4.31 Å². The number of sulfonamides is 1. The van der Waals surface area contributed by atoms with E-state index in [2.05, 4.69) is 0 Å². The van der Waals surface area contributed by atoms with Gasteiger partial charge in [0.15, 0.2) is 0 Å². The zero-order valence-electron chi connectivity index (χ0n) is 8.76. The highest BCUT2D eigenvalue weighted by Gasteiger charge is 2.25. The summed E-state index contributed by atoms with van der Waals surface area (Å²) >= 11 is 5.56. The van der Waals surface area contributed by atoms with E-state index in [1.165, 1.54) is 12.1 Å². The molecule has 0 amide bonds. The Hall–Kier alpha value is -0.640. The number of alkyl halides is 2. The number of thiocarbonyl (C=S) groups is 1. The Kier molecular flexibility index (Phi) is 4.53. The molecule has 0 spiro atoms. The van der Waals surface area contributed by atoms with Crippen LogP contribution in [-0.4, -0.2) is 37.7 Å². The standard InChI is InChI=1S/C8H10F2N2O2S3/c1-12(4-6(9)10)17(13,14)7-3-2-5(16-7)8(11)15/h2-3,6H,4H2,1H3,(H2,11,15). The third-order valence-corrected chi connectivity index (χ3v) is 5.64. The molecule has 17 heavy (non-hydrogen) atoms. The molecule has 4 nitrogen and oxygen atoms in total. The molecule has 0 atom stereocenters. The predicted octanol–water partition coefficient (Wildman–Crippen LogP) is 1.27. The van der Waals surface area contributed by atoms with E-state index in [1.807, 2.05) is 0 Å². The van der Waals surface area contributed by atoms with E-state index in [-0.39, 0.29) is 9.20 Å². The predicted molar refractivity (Wildman–Crippen MR) is 66.0 cm³/mol. The lowest BCUT2D eigenvalue weighted by atomic mass is 10.5. The first-order valence-electron chi connectivity index (χ1n) is 4.39. The van der Waals surface area contributed by atoms with Crippen molar-refractivity contribution in [2.24, 2.45) is 5.73 Å². The Morgan fingerprint density at radius 1 is 1.59 bits per heavy atom. The third kappa shape index (κ3) is 3.41. The number of hydrogen-bond donors (Lipinski definition) is 1. The van der Waals surface area contributed by atoms with Crippen molar-refractivity contribution in [3.8, 4) is 0 Å². The minimum Gasteiger partial charge on any atom is -0.389 e. The first kappa shape index (κ1) is 14.4. The van der Waals surface area contributed by atoms with Crippen LogP contribution in [0.2, 0.25) is 0 Å². The van der Waals surface area contributed by atoms with Gasteiger partial charge in [0.1, 0.15) is 9.20 Å². The molecule has 0 saturated heterocycles. The Labute approximate surface area is 107 Å². The van der Waals surface area contributed by atoms with Crippen LogP contribution in [0.1, 0.15) is 4.88 Å². The number of nitrogens with zero attached hydrogens (tertiary/aromatic N) is 1. The van der Waals surface area contributed by atoms with Crippen molar-refractivity contribution in [2.75, 3.05) is 13.6 Å². The highest BCUT2D eigenvalue weighted by atomic mass is 32.2. The first-order chi connectivity index (χ1) is 7.75. The maximum atomic E-state index is 12.1. The Morgan fingerprint density at radius 3 is 2.59 bits per heavy atom. The lowest BCUT2D eigenvalue weighted by Crippen LogP contribution is -2.30. The van der Waals surface area contributed by atoms with Gasteiger partial charge in [-0.15, -0.1) is 11.3 Å². The summed E-state index contributed by atoms with van der Waals surface area (Å²) in [5.41, 5.74) is 5.34. The lowest BCUT2D eigenvalue weighted by molar-refractivity contribution is 0.126. The van der Waals surface area contributed by atoms with Crippen LogP contribution in [0.5, 0.6) is 0 Å². The topological polar surface area (TPSA) is 63.4 Å².